The van der Waals surface area contributed by atoms with Crippen LogP contribution >= 0.6 is 0 Å². The van der Waals surface area contributed by atoms with Crippen molar-refractivity contribution < 1.29 is 13.2 Å². The van der Waals surface area contributed by atoms with E-state index in [0.29, 0.717) is 13.0 Å². The summed E-state index contributed by atoms with van der Waals surface area (Å²) in [6.07, 6.45) is 0.403. The lowest BCUT2D eigenvalue weighted by molar-refractivity contribution is -0.120. The van der Waals surface area contributed by atoms with Gasteiger partial charge in [-0.15, -0.1) is 0 Å². The van der Waals surface area contributed by atoms with Crippen LogP contribution in [0.5, 0.6) is 0 Å². The Bertz CT molecular complexity index is 276. The summed E-state index contributed by atoms with van der Waals surface area (Å²) < 4.78 is 23.9. The topological polar surface area (TPSA) is 92.5 Å². The van der Waals surface area contributed by atoms with Crippen molar-refractivity contribution in [2.24, 2.45) is 5.73 Å². The predicted octanol–water partition coefficient (Wildman–Crippen LogP) is -1.66. The number of rotatable bonds is 6. The summed E-state index contributed by atoms with van der Waals surface area (Å²) in [4.78, 5) is 10.9. The fourth-order valence-electron chi connectivity index (χ4n) is 0.801. The molecule has 7 heteroatoms. The second-order valence-corrected chi connectivity index (χ2v) is 5.08. The van der Waals surface area contributed by atoms with Crippen molar-refractivity contribution in [1.29, 1.82) is 0 Å². The van der Waals surface area contributed by atoms with Crippen LogP contribution in [0, 0.1) is 0 Å². The van der Waals surface area contributed by atoms with E-state index in [1.54, 1.807) is 0 Å². The molecule has 0 fully saturated rings. The lowest BCUT2D eigenvalue weighted by Gasteiger charge is -2.15. The molecule has 0 aromatic carbocycles. The second kappa shape index (κ2) is 5.94. The number of carbonyl (C=O) groups is 1. The van der Waals surface area contributed by atoms with E-state index in [-0.39, 0.29) is 18.2 Å². The molecule has 0 aromatic rings. The van der Waals surface area contributed by atoms with Crippen LogP contribution in [0.4, 0.5) is 0 Å². The van der Waals surface area contributed by atoms with E-state index in [1.807, 2.05) is 0 Å². The van der Waals surface area contributed by atoms with Gasteiger partial charge in [-0.3, -0.25) is 4.79 Å². The zero-order chi connectivity index (χ0) is 11.2. The van der Waals surface area contributed by atoms with Gasteiger partial charge in [0.2, 0.25) is 15.9 Å². The minimum Gasteiger partial charge on any atom is -0.358 e. The van der Waals surface area contributed by atoms with Crippen molar-refractivity contribution in [2.45, 2.75) is 6.42 Å². The lowest BCUT2D eigenvalue weighted by atomic mass is 10.5. The Morgan fingerprint density at radius 2 is 2.07 bits per heavy atom. The molecular weight excluding hydrogens is 206 g/mol. The molecule has 0 rings (SSSR count). The maximum absolute atomic E-state index is 11.4. The number of sulfonamides is 1. The standard InChI is InChI=1S/C7H17N3O3S/c1-9-7(11)6-10(2)14(12,13)5-3-4-8/h3-6,8H2,1-2H3,(H,9,11). The van der Waals surface area contributed by atoms with Gasteiger partial charge in [0.25, 0.3) is 0 Å². The minimum absolute atomic E-state index is 0.0169. The Labute approximate surface area is 84.5 Å². The zero-order valence-corrected chi connectivity index (χ0v) is 9.30. The van der Waals surface area contributed by atoms with Crippen molar-refractivity contribution in [3.63, 3.8) is 0 Å². The van der Waals surface area contributed by atoms with Gasteiger partial charge in [-0.2, -0.15) is 4.31 Å². The molecule has 0 aromatic heterocycles. The number of nitrogens with one attached hydrogen (secondary N) is 1. The van der Waals surface area contributed by atoms with Crippen LogP contribution in [0.2, 0.25) is 0 Å². The highest BCUT2D eigenvalue weighted by Crippen LogP contribution is 1.98. The zero-order valence-electron chi connectivity index (χ0n) is 8.49. The monoisotopic (exact) mass is 223 g/mol. The van der Waals surface area contributed by atoms with E-state index in [9.17, 15) is 13.2 Å². The van der Waals surface area contributed by atoms with Crippen molar-refractivity contribution in [3.05, 3.63) is 0 Å². The smallest absolute Gasteiger partial charge is 0.235 e. The van der Waals surface area contributed by atoms with Gasteiger partial charge in [0.15, 0.2) is 0 Å². The van der Waals surface area contributed by atoms with Crippen molar-refractivity contribution in [2.75, 3.05) is 32.9 Å². The van der Waals surface area contributed by atoms with E-state index < -0.39 is 10.0 Å². The van der Waals surface area contributed by atoms with Crippen LogP contribution in [0.15, 0.2) is 0 Å². The fraction of sp³-hybridized carbons (Fsp3) is 0.857. The van der Waals surface area contributed by atoms with Crippen LogP contribution in [0.25, 0.3) is 0 Å². The molecular formula is C7H17N3O3S. The average Bonchev–Trinajstić information content (AvgIpc) is 2.14. The van der Waals surface area contributed by atoms with Crippen LogP contribution in [0.3, 0.4) is 0 Å². The molecule has 0 aliphatic heterocycles. The molecule has 0 bridgehead atoms. The predicted molar refractivity (Wildman–Crippen MR) is 54.2 cm³/mol. The van der Waals surface area contributed by atoms with Crippen molar-refractivity contribution in [1.82, 2.24) is 9.62 Å². The number of nitrogens with zero attached hydrogens (tertiary/aromatic N) is 1. The number of amides is 1. The number of carbonyl (C=O) groups excluding carboxylic acids is 1. The largest absolute Gasteiger partial charge is 0.358 e. The van der Waals surface area contributed by atoms with Gasteiger partial charge < -0.3 is 11.1 Å². The van der Waals surface area contributed by atoms with Gasteiger partial charge in [-0.05, 0) is 13.0 Å². The molecule has 3 N–H and O–H groups in total. The Hall–Kier alpha value is -0.660. The molecule has 14 heavy (non-hydrogen) atoms. The Kier molecular flexibility index (Phi) is 5.66. The lowest BCUT2D eigenvalue weighted by Crippen LogP contribution is -2.38. The highest BCUT2D eigenvalue weighted by atomic mass is 32.2. The summed E-state index contributed by atoms with van der Waals surface area (Å²) in [5, 5.41) is 2.35. The maximum Gasteiger partial charge on any atom is 0.235 e. The van der Waals surface area contributed by atoms with Gasteiger partial charge in [-0.25, -0.2) is 8.42 Å². The number of hydrogen-bond donors (Lipinski definition) is 2. The number of likely N-dealkylation sites (N-methyl/N-ethyl adjacent to an activating group) is 2. The van der Waals surface area contributed by atoms with Crippen LogP contribution in [-0.2, 0) is 14.8 Å². The average molecular weight is 223 g/mol. The van der Waals surface area contributed by atoms with Gasteiger partial charge in [0, 0.05) is 14.1 Å². The molecule has 0 heterocycles. The highest BCUT2D eigenvalue weighted by Gasteiger charge is 2.18. The second-order valence-electron chi connectivity index (χ2n) is 2.89. The SMILES string of the molecule is CNC(=O)CN(C)S(=O)(=O)CCCN. The van der Waals surface area contributed by atoms with Gasteiger partial charge >= 0.3 is 0 Å². The van der Waals surface area contributed by atoms with E-state index in [1.165, 1.54) is 14.1 Å². The molecule has 0 saturated heterocycles. The van der Waals surface area contributed by atoms with E-state index in [0.717, 1.165) is 4.31 Å². The van der Waals surface area contributed by atoms with Crippen LogP contribution < -0.4 is 11.1 Å². The molecule has 0 spiro atoms. The third kappa shape index (κ3) is 4.54. The molecule has 0 unspecified atom stereocenters. The molecule has 84 valence electrons. The summed E-state index contributed by atoms with van der Waals surface area (Å²) in [7, 11) is -0.498. The van der Waals surface area contributed by atoms with Crippen LogP contribution in [-0.4, -0.2) is 51.6 Å². The quantitative estimate of drug-likeness (QED) is 0.564. The first kappa shape index (κ1) is 13.3. The Morgan fingerprint density at radius 3 is 2.50 bits per heavy atom. The molecule has 6 nitrogen and oxygen atoms in total. The first-order chi connectivity index (χ1) is 6.44. The van der Waals surface area contributed by atoms with E-state index >= 15 is 0 Å². The van der Waals surface area contributed by atoms with Gasteiger partial charge in [-0.1, -0.05) is 0 Å². The summed E-state index contributed by atoms with van der Waals surface area (Å²) in [5.74, 6) is -0.347. The molecule has 1 amide bonds. The van der Waals surface area contributed by atoms with Crippen molar-refractivity contribution >= 4 is 15.9 Å². The van der Waals surface area contributed by atoms with E-state index in [2.05, 4.69) is 5.32 Å². The third-order valence-corrected chi connectivity index (χ3v) is 3.61. The molecule has 0 radical (unpaired) electrons. The molecule has 0 atom stereocenters. The maximum atomic E-state index is 11.4. The van der Waals surface area contributed by atoms with Crippen molar-refractivity contribution in [3.8, 4) is 0 Å². The van der Waals surface area contributed by atoms with Crippen LogP contribution in [0.1, 0.15) is 6.42 Å². The number of hydrogen-bond acceptors (Lipinski definition) is 4. The summed E-state index contributed by atoms with van der Waals surface area (Å²) in [6.45, 7) is 0.177. The third-order valence-electron chi connectivity index (χ3n) is 1.73. The normalized spacial score (nSPS) is 11.7. The number of nitrogens with two attached hydrogens (primary N) is 1. The van der Waals surface area contributed by atoms with Gasteiger partial charge in [0.05, 0.1) is 12.3 Å². The van der Waals surface area contributed by atoms with Gasteiger partial charge in [0.1, 0.15) is 0 Å². The minimum atomic E-state index is -3.34. The van der Waals surface area contributed by atoms with E-state index in [4.69, 9.17) is 5.73 Å². The Balaban J connectivity index is 4.21. The highest BCUT2D eigenvalue weighted by molar-refractivity contribution is 7.89. The fourth-order valence-corrected chi connectivity index (χ4v) is 1.96. The first-order valence-corrected chi connectivity index (χ1v) is 5.89. The Morgan fingerprint density at radius 1 is 1.50 bits per heavy atom. The first-order valence-electron chi connectivity index (χ1n) is 4.28. The summed E-state index contributed by atoms with van der Waals surface area (Å²) in [6, 6.07) is 0. The molecule has 0 aliphatic carbocycles. The molecule has 0 saturated carbocycles. The summed E-state index contributed by atoms with van der Waals surface area (Å²) >= 11 is 0. The molecule has 0 aliphatic rings. The summed E-state index contributed by atoms with van der Waals surface area (Å²) in [5.41, 5.74) is 5.20.